The van der Waals surface area contributed by atoms with Crippen molar-refractivity contribution < 1.29 is 0 Å². The molecule has 0 aromatic carbocycles. The van der Waals surface area contributed by atoms with Crippen molar-refractivity contribution in [1.29, 1.82) is 0 Å². The molecule has 4 heteroatoms. The Labute approximate surface area is 45.4 Å². The summed E-state index contributed by atoms with van der Waals surface area (Å²) >= 11 is 5.22. The van der Waals surface area contributed by atoms with Crippen LogP contribution in [0.1, 0.15) is 0 Å². The maximum atomic E-state index is 5.22. The molecule has 1 radical (unpaired) electrons. The van der Waals surface area contributed by atoms with Crippen molar-refractivity contribution in [3.63, 3.8) is 0 Å². The summed E-state index contributed by atoms with van der Waals surface area (Å²) in [6, 6.07) is 0. The average molecular weight is 115 g/mol. The fraction of sp³-hybridized carbons (Fsp3) is 0. The summed E-state index contributed by atoms with van der Waals surface area (Å²) in [6.45, 7) is 0. The summed E-state index contributed by atoms with van der Waals surface area (Å²) in [5, 5.41) is 6.86. The third-order valence-electron chi connectivity index (χ3n) is 0.413. The summed E-state index contributed by atoms with van der Waals surface area (Å²) in [6.07, 6.45) is 3.74. The molecule has 35 valence electrons. The molecule has 0 atom stereocenters. The van der Waals surface area contributed by atoms with Crippen molar-refractivity contribution in [3.05, 3.63) is 17.7 Å². The minimum atomic E-state index is 0.127. The highest BCUT2D eigenvalue weighted by Crippen LogP contribution is 1.89. The van der Waals surface area contributed by atoms with Crippen LogP contribution in [0.3, 0.4) is 0 Å². The number of hydrogen-bond acceptors (Lipinski definition) is 3. The minimum Gasteiger partial charge on any atom is -0.213 e. The molecule has 0 saturated heterocycles. The quantitative estimate of drug-likeness (QED) is 0.488. The highest BCUT2D eigenvalue weighted by Gasteiger charge is 1.80. The molecule has 0 fully saturated rings. The number of halogens is 1. The van der Waals surface area contributed by atoms with Gasteiger partial charge in [-0.05, 0) is 11.6 Å². The van der Waals surface area contributed by atoms with Gasteiger partial charge in [0.1, 0.15) is 6.20 Å². The van der Waals surface area contributed by atoms with Crippen LogP contribution in [0, 0.1) is 6.20 Å². The fourth-order valence-electron chi connectivity index (χ4n) is 0.207. The average Bonchev–Trinajstić information content (AvgIpc) is 1.69. The Balaban J connectivity index is 3.02. The van der Waals surface area contributed by atoms with Gasteiger partial charge in [-0.3, -0.25) is 0 Å². The maximum absolute atomic E-state index is 5.22. The van der Waals surface area contributed by atoms with Crippen LogP contribution in [0.15, 0.2) is 6.20 Å². The molecule has 0 unspecified atom stereocenters. The highest BCUT2D eigenvalue weighted by atomic mass is 35.5. The molecule has 7 heavy (non-hydrogen) atoms. The van der Waals surface area contributed by atoms with Crippen LogP contribution < -0.4 is 0 Å². The number of hydrogen-bond donors (Lipinski definition) is 0. The van der Waals surface area contributed by atoms with E-state index in [0.29, 0.717) is 0 Å². The van der Waals surface area contributed by atoms with Crippen LogP contribution >= 0.6 is 11.6 Å². The van der Waals surface area contributed by atoms with Crippen LogP contribution in [0.2, 0.25) is 5.28 Å². The first kappa shape index (κ1) is 4.46. The van der Waals surface area contributed by atoms with E-state index in [1.807, 2.05) is 0 Å². The highest BCUT2D eigenvalue weighted by molar-refractivity contribution is 6.28. The van der Waals surface area contributed by atoms with Crippen molar-refractivity contribution in [2.75, 3.05) is 0 Å². The predicted octanol–water partition coefficient (Wildman–Crippen LogP) is 0.325. The van der Waals surface area contributed by atoms with E-state index in [1.165, 1.54) is 6.20 Å². The van der Waals surface area contributed by atoms with Gasteiger partial charge in [0.05, 0.1) is 6.20 Å². The van der Waals surface area contributed by atoms with Crippen LogP contribution in [0.5, 0.6) is 0 Å². The zero-order valence-electron chi connectivity index (χ0n) is 3.30. The van der Waals surface area contributed by atoms with Crippen LogP contribution in [-0.4, -0.2) is 15.2 Å². The van der Waals surface area contributed by atoms with E-state index in [9.17, 15) is 0 Å². The molecular formula is C3HClN3. The van der Waals surface area contributed by atoms with Gasteiger partial charge in [-0.1, -0.05) is 0 Å². The second-order valence-corrected chi connectivity index (χ2v) is 1.19. The van der Waals surface area contributed by atoms with Crippen LogP contribution in [0.25, 0.3) is 0 Å². The maximum Gasteiger partial charge on any atom is 0.243 e. The van der Waals surface area contributed by atoms with E-state index >= 15 is 0 Å². The second-order valence-electron chi connectivity index (χ2n) is 0.855. The molecule has 3 nitrogen and oxygen atoms in total. The smallest absolute Gasteiger partial charge is 0.213 e. The Hall–Kier alpha value is -0.700. The molecule has 1 rings (SSSR count). The van der Waals surface area contributed by atoms with Gasteiger partial charge in [0.2, 0.25) is 5.28 Å². The molecule has 0 spiro atoms. The summed E-state index contributed by atoms with van der Waals surface area (Å²) in [5.74, 6) is 0. The monoisotopic (exact) mass is 114 g/mol. The van der Waals surface area contributed by atoms with Gasteiger partial charge < -0.3 is 0 Å². The predicted molar refractivity (Wildman–Crippen MR) is 23.7 cm³/mol. The van der Waals surface area contributed by atoms with Crippen molar-refractivity contribution in [1.82, 2.24) is 15.2 Å². The second kappa shape index (κ2) is 1.84. The molecule has 1 heterocycles. The third-order valence-corrected chi connectivity index (χ3v) is 0.573. The fourth-order valence-corrected chi connectivity index (χ4v) is 0.299. The molecule has 0 aliphatic heterocycles. The zero-order valence-corrected chi connectivity index (χ0v) is 4.05. The third kappa shape index (κ3) is 1.08. The number of aromatic nitrogens is 3. The molecule has 0 bridgehead atoms. The van der Waals surface area contributed by atoms with E-state index in [-0.39, 0.29) is 5.28 Å². The lowest BCUT2D eigenvalue weighted by atomic mass is 10.9. The SMILES string of the molecule is Clc1n[c]cnn1. The van der Waals surface area contributed by atoms with Gasteiger partial charge in [0.15, 0.2) is 0 Å². The first-order valence-electron chi connectivity index (χ1n) is 1.61. The van der Waals surface area contributed by atoms with Gasteiger partial charge in [-0.2, -0.15) is 5.10 Å². The molecule has 1 aromatic rings. The Kier molecular flexibility index (Phi) is 1.17. The lowest BCUT2D eigenvalue weighted by Crippen LogP contribution is -1.81. The summed E-state index contributed by atoms with van der Waals surface area (Å²) in [7, 11) is 0. The first-order valence-corrected chi connectivity index (χ1v) is 1.98. The van der Waals surface area contributed by atoms with E-state index in [0.717, 1.165) is 0 Å². The molecule has 0 N–H and O–H groups in total. The molecule has 1 aromatic heterocycles. The van der Waals surface area contributed by atoms with E-state index in [4.69, 9.17) is 11.6 Å². The lowest BCUT2D eigenvalue weighted by Gasteiger charge is -1.76. The van der Waals surface area contributed by atoms with Gasteiger partial charge >= 0.3 is 0 Å². The number of rotatable bonds is 0. The number of nitrogens with zero attached hydrogens (tertiary/aromatic N) is 3. The Morgan fingerprint density at radius 2 is 2.57 bits per heavy atom. The molecule has 0 amide bonds. The summed E-state index contributed by atoms with van der Waals surface area (Å²) in [4.78, 5) is 3.45. The van der Waals surface area contributed by atoms with Gasteiger partial charge in [-0.15, -0.1) is 5.10 Å². The molecular weight excluding hydrogens is 114 g/mol. The normalized spacial score (nSPS) is 8.71. The summed E-state index contributed by atoms with van der Waals surface area (Å²) in [5.41, 5.74) is 0. The van der Waals surface area contributed by atoms with Crippen molar-refractivity contribution in [3.8, 4) is 0 Å². The zero-order chi connectivity index (χ0) is 5.11. The van der Waals surface area contributed by atoms with E-state index in [1.54, 1.807) is 0 Å². The van der Waals surface area contributed by atoms with Crippen molar-refractivity contribution in [2.24, 2.45) is 0 Å². The largest absolute Gasteiger partial charge is 0.243 e. The van der Waals surface area contributed by atoms with Crippen LogP contribution in [0.4, 0.5) is 0 Å². The topological polar surface area (TPSA) is 38.7 Å². The van der Waals surface area contributed by atoms with Gasteiger partial charge in [-0.25, -0.2) is 4.98 Å². The van der Waals surface area contributed by atoms with Crippen molar-refractivity contribution >= 4 is 11.6 Å². The van der Waals surface area contributed by atoms with Crippen LogP contribution in [-0.2, 0) is 0 Å². The Bertz CT molecular complexity index is 140. The Morgan fingerprint density at radius 3 is 2.86 bits per heavy atom. The molecule has 0 aliphatic rings. The summed E-state index contributed by atoms with van der Waals surface area (Å²) < 4.78 is 0. The molecule has 0 saturated carbocycles. The van der Waals surface area contributed by atoms with E-state index in [2.05, 4.69) is 21.4 Å². The van der Waals surface area contributed by atoms with Gasteiger partial charge in [0, 0.05) is 0 Å². The van der Waals surface area contributed by atoms with Crippen molar-refractivity contribution in [2.45, 2.75) is 0 Å². The standard InChI is InChI=1S/C3HClN3/c4-3-5-1-2-6-7-3/h2H. The first-order chi connectivity index (χ1) is 3.39. The lowest BCUT2D eigenvalue weighted by molar-refractivity contribution is 0.965. The minimum absolute atomic E-state index is 0.127. The molecule has 0 aliphatic carbocycles. The van der Waals surface area contributed by atoms with E-state index < -0.39 is 0 Å². The Morgan fingerprint density at radius 1 is 1.71 bits per heavy atom. The van der Waals surface area contributed by atoms with Gasteiger partial charge in [0.25, 0.3) is 0 Å².